The van der Waals surface area contributed by atoms with Crippen molar-refractivity contribution in [2.45, 2.75) is 19.8 Å². The number of nitrogens with zero attached hydrogens (tertiary/aromatic N) is 3. The Morgan fingerprint density at radius 3 is 2.29 bits per heavy atom. The highest BCUT2D eigenvalue weighted by Crippen LogP contribution is 2.08. The van der Waals surface area contributed by atoms with E-state index in [0.717, 1.165) is 0 Å². The van der Waals surface area contributed by atoms with Crippen molar-refractivity contribution in [1.29, 1.82) is 15.8 Å². The molecule has 0 amide bonds. The zero-order valence-corrected chi connectivity index (χ0v) is 7.91. The Labute approximate surface area is 83.2 Å². The second-order valence-corrected chi connectivity index (χ2v) is 2.65. The van der Waals surface area contributed by atoms with E-state index in [9.17, 15) is 0 Å². The average molecular weight is 186 g/mol. The molecule has 0 fully saturated rings. The number of allylic oxidation sites excluding steroid dienone is 4. The predicted octanol–water partition coefficient (Wildman–Crippen LogP) is 1.50. The number of rotatable bonds is 3. The summed E-state index contributed by atoms with van der Waals surface area (Å²) in [5.41, 5.74) is 6.46. The largest absolute Gasteiger partial charge is 0.401 e. The van der Waals surface area contributed by atoms with Gasteiger partial charge in [0.05, 0.1) is 17.7 Å². The van der Waals surface area contributed by atoms with Gasteiger partial charge in [0, 0.05) is 17.7 Å². The van der Waals surface area contributed by atoms with E-state index in [0.29, 0.717) is 17.7 Å². The third-order valence-electron chi connectivity index (χ3n) is 1.51. The molecule has 4 nitrogen and oxygen atoms in total. The van der Waals surface area contributed by atoms with Crippen molar-refractivity contribution >= 4 is 0 Å². The highest BCUT2D eigenvalue weighted by atomic mass is 14.6. The SMILES string of the molecule is C/C(N)=C(C#N)\C=C(\C#N)CCC#N. The van der Waals surface area contributed by atoms with Crippen LogP contribution in [0.2, 0.25) is 0 Å². The lowest BCUT2D eigenvalue weighted by Crippen LogP contribution is -1.95. The van der Waals surface area contributed by atoms with Crippen molar-refractivity contribution in [3.8, 4) is 18.2 Å². The molecule has 0 rings (SSSR count). The Kier molecular flexibility index (Phi) is 5.28. The summed E-state index contributed by atoms with van der Waals surface area (Å²) in [6, 6.07) is 5.74. The zero-order valence-electron chi connectivity index (χ0n) is 7.91. The highest BCUT2D eigenvalue weighted by molar-refractivity contribution is 5.41. The lowest BCUT2D eigenvalue weighted by molar-refractivity contribution is 1.02. The quantitative estimate of drug-likeness (QED) is 0.533. The minimum atomic E-state index is 0.266. The average Bonchev–Trinajstić information content (AvgIpc) is 2.18. The van der Waals surface area contributed by atoms with E-state index in [1.807, 2.05) is 18.2 Å². The summed E-state index contributed by atoms with van der Waals surface area (Å²) in [4.78, 5) is 0. The van der Waals surface area contributed by atoms with Gasteiger partial charge in [-0.1, -0.05) is 0 Å². The molecule has 0 radical (unpaired) electrons. The second-order valence-electron chi connectivity index (χ2n) is 2.65. The van der Waals surface area contributed by atoms with Gasteiger partial charge in [-0.2, -0.15) is 15.8 Å². The minimum Gasteiger partial charge on any atom is -0.401 e. The molecule has 0 aromatic rings. The normalized spacial score (nSPS) is 12.0. The van der Waals surface area contributed by atoms with Crippen LogP contribution in [0.4, 0.5) is 0 Å². The molecule has 0 aliphatic heterocycles. The summed E-state index contributed by atoms with van der Waals surface area (Å²) in [6.07, 6.45) is 2.04. The van der Waals surface area contributed by atoms with Gasteiger partial charge in [0.1, 0.15) is 6.07 Å². The molecule has 0 aliphatic rings. The molecule has 0 aromatic carbocycles. The molecular weight excluding hydrogens is 176 g/mol. The Morgan fingerprint density at radius 2 is 1.93 bits per heavy atom. The molecule has 14 heavy (non-hydrogen) atoms. The van der Waals surface area contributed by atoms with E-state index in [1.165, 1.54) is 6.08 Å². The molecule has 0 saturated carbocycles. The minimum absolute atomic E-state index is 0.266. The monoisotopic (exact) mass is 186 g/mol. The molecule has 2 N–H and O–H groups in total. The maximum atomic E-state index is 8.68. The van der Waals surface area contributed by atoms with Gasteiger partial charge >= 0.3 is 0 Å². The van der Waals surface area contributed by atoms with E-state index in [4.69, 9.17) is 21.5 Å². The topological polar surface area (TPSA) is 97.4 Å². The van der Waals surface area contributed by atoms with Gasteiger partial charge in [-0.3, -0.25) is 0 Å². The second kappa shape index (κ2) is 6.29. The molecule has 0 saturated heterocycles. The van der Waals surface area contributed by atoms with Crippen LogP contribution in [0.5, 0.6) is 0 Å². The number of hydrogen-bond donors (Lipinski definition) is 1. The van der Waals surface area contributed by atoms with E-state index in [-0.39, 0.29) is 12.0 Å². The lowest BCUT2D eigenvalue weighted by Gasteiger charge is -1.95. The standard InChI is InChI=1S/C10H10N4/c1-8(14)10(7-13)5-9(6-12)3-2-4-11/h5H,2-3,14H2,1H3/b9-5+,10-8-. The number of hydrogen-bond acceptors (Lipinski definition) is 4. The maximum Gasteiger partial charge on any atom is 0.101 e. The summed E-state index contributed by atoms with van der Waals surface area (Å²) in [6.45, 7) is 1.59. The fourth-order valence-electron chi connectivity index (χ4n) is 0.759. The molecular formula is C10H10N4. The Bertz CT molecular complexity index is 378. The van der Waals surface area contributed by atoms with Crippen molar-refractivity contribution in [2.24, 2.45) is 5.73 Å². The molecule has 0 spiro atoms. The lowest BCUT2D eigenvalue weighted by atomic mass is 10.1. The molecule has 0 bridgehead atoms. The predicted molar refractivity (Wildman–Crippen MR) is 51.0 cm³/mol. The summed E-state index contributed by atoms with van der Waals surface area (Å²) in [5, 5.41) is 25.7. The Morgan fingerprint density at radius 1 is 1.29 bits per heavy atom. The van der Waals surface area contributed by atoms with Gasteiger partial charge < -0.3 is 5.73 Å². The van der Waals surface area contributed by atoms with Gasteiger partial charge in [-0.25, -0.2) is 0 Å². The first-order chi connectivity index (χ1) is 6.65. The van der Waals surface area contributed by atoms with E-state index in [1.54, 1.807) is 6.92 Å². The number of nitriles is 3. The molecule has 0 atom stereocenters. The molecule has 0 heterocycles. The first-order valence-corrected chi connectivity index (χ1v) is 3.99. The summed E-state index contributed by atoms with van der Waals surface area (Å²) < 4.78 is 0. The molecule has 0 aliphatic carbocycles. The fraction of sp³-hybridized carbons (Fsp3) is 0.300. The molecule has 70 valence electrons. The van der Waals surface area contributed by atoms with Crippen LogP contribution in [-0.2, 0) is 0 Å². The van der Waals surface area contributed by atoms with Gasteiger partial charge in [-0.15, -0.1) is 0 Å². The van der Waals surface area contributed by atoms with Crippen molar-refractivity contribution in [1.82, 2.24) is 0 Å². The van der Waals surface area contributed by atoms with Crippen molar-refractivity contribution in [3.63, 3.8) is 0 Å². The van der Waals surface area contributed by atoms with Crippen LogP contribution in [0.25, 0.3) is 0 Å². The van der Waals surface area contributed by atoms with Gasteiger partial charge in [0.2, 0.25) is 0 Å². The van der Waals surface area contributed by atoms with Crippen molar-refractivity contribution < 1.29 is 0 Å². The van der Waals surface area contributed by atoms with E-state index >= 15 is 0 Å². The number of nitrogens with two attached hydrogens (primary N) is 1. The first-order valence-electron chi connectivity index (χ1n) is 3.99. The summed E-state index contributed by atoms with van der Waals surface area (Å²) >= 11 is 0. The van der Waals surface area contributed by atoms with Crippen molar-refractivity contribution in [2.75, 3.05) is 0 Å². The van der Waals surface area contributed by atoms with E-state index < -0.39 is 0 Å². The smallest absolute Gasteiger partial charge is 0.101 e. The zero-order chi connectivity index (χ0) is 11.0. The highest BCUT2D eigenvalue weighted by Gasteiger charge is 1.99. The fourth-order valence-corrected chi connectivity index (χ4v) is 0.759. The summed E-state index contributed by atoms with van der Waals surface area (Å²) in [5.74, 6) is 0. The van der Waals surface area contributed by atoms with Gasteiger partial charge in [0.15, 0.2) is 0 Å². The van der Waals surface area contributed by atoms with Crippen LogP contribution >= 0.6 is 0 Å². The molecule has 0 unspecified atom stereocenters. The van der Waals surface area contributed by atoms with Crippen LogP contribution < -0.4 is 5.73 Å². The maximum absolute atomic E-state index is 8.68. The van der Waals surface area contributed by atoms with Crippen LogP contribution in [0.1, 0.15) is 19.8 Å². The van der Waals surface area contributed by atoms with Crippen LogP contribution in [0.15, 0.2) is 22.9 Å². The van der Waals surface area contributed by atoms with Crippen LogP contribution in [0, 0.1) is 34.0 Å². The van der Waals surface area contributed by atoms with Gasteiger partial charge in [0.25, 0.3) is 0 Å². The van der Waals surface area contributed by atoms with E-state index in [2.05, 4.69) is 0 Å². The summed E-state index contributed by atoms with van der Waals surface area (Å²) in [7, 11) is 0. The molecule has 4 heteroatoms. The Hall–Kier alpha value is -2.25. The third kappa shape index (κ3) is 3.95. The van der Waals surface area contributed by atoms with Crippen molar-refractivity contribution in [3.05, 3.63) is 22.9 Å². The van der Waals surface area contributed by atoms with Gasteiger partial charge in [-0.05, 0) is 19.4 Å². The van der Waals surface area contributed by atoms with Crippen LogP contribution in [0.3, 0.4) is 0 Å². The first kappa shape index (κ1) is 11.8. The molecule has 0 aromatic heterocycles. The third-order valence-corrected chi connectivity index (χ3v) is 1.51. The Balaban J connectivity index is 4.81. The van der Waals surface area contributed by atoms with Crippen LogP contribution in [-0.4, -0.2) is 0 Å².